The monoisotopic (exact) mass is 293 g/mol. The molecule has 0 aliphatic rings. The van der Waals surface area contributed by atoms with Crippen molar-refractivity contribution in [2.75, 3.05) is 0 Å². The summed E-state index contributed by atoms with van der Waals surface area (Å²) in [4.78, 5) is 9.31. The predicted octanol–water partition coefficient (Wildman–Crippen LogP) is 4.72. The Labute approximate surface area is 126 Å². The molecule has 3 nitrogen and oxygen atoms in total. The molecule has 2 atom stereocenters. The zero-order chi connectivity index (χ0) is 15.1. The topological polar surface area (TPSA) is 30.7 Å². The Balaban J connectivity index is 2.53. The first-order valence-electron chi connectivity index (χ1n) is 7.18. The van der Waals surface area contributed by atoms with Gasteiger partial charge in [0.2, 0.25) is 0 Å². The minimum Gasteiger partial charge on any atom is -0.311 e. The van der Waals surface area contributed by atoms with Crippen LogP contribution < -0.4 is 0 Å². The average molecular weight is 294 g/mol. The molecule has 0 N–H and O–H groups in total. The predicted molar refractivity (Wildman–Crippen MR) is 85.2 cm³/mol. The number of hydrogen-bond donors (Lipinski definition) is 0. The van der Waals surface area contributed by atoms with E-state index in [0.717, 1.165) is 29.2 Å². The Morgan fingerprint density at radius 1 is 1.20 bits per heavy atom. The third kappa shape index (κ3) is 2.98. The van der Waals surface area contributed by atoms with E-state index in [0.29, 0.717) is 5.92 Å². The molecule has 0 bridgehead atoms. The number of alkyl halides is 1. The van der Waals surface area contributed by atoms with Gasteiger partial charge >= 0.3 is 0 Å². The Morgan fingerprint density at radius 3 is 2.40 bits per heavy atom. The highest BCUT2D eigenvalue weighted by molar-refractivity contribution is 6.20. The Hall–Kier alpha value is -1.09. The van der Waals surface area contributed by atoms with Crippen LogP contribution >= 0.6 is 11.6 Å². The smallest absolute Gasteiger partial charge is 0.160 e. The van der Waals surface area contributed by atoms with Gasteiger partial charge in [-0.15, -0.1) is 11.6 Å². The molecule has 2 unspecified atom stereocenters. The number of imidazole rings is 1. The van der Waals surface area contributed by atoms with E-state index in [-0.39, 0.29) is 10.8 Å². The molecule has 0 fully saturated rings. The molecule has 0 aliphatic heterocycles. The molecule has 0 aromatic carbocycles. The van der Waals surface area contributed by atoms with Gasteiger partial charge in [0, 0.05) is 12.2 Å². The van der Waals surface area contributed by atoms with Crippen LogP contribution in [-0.4, -0.2) is 14.5 Å². The zero-order valence-corrected chi connectivity index (χ0v) is 14.0. The first kappa shape index (κ1) is 15.3. The first-order valence-corrected chi connectivity index (χ1v) is 7.61. The summed E-state index contributed by atoms with van der Waals surface area (Å²) in [6.45, 7) is 13.9. The first-order chi connectivity index (χ1) is 9.20. The number of pyridine rings is 1. The molecule has 0 radical (unpaired) electrons. The summed E-state index contributed by atoms with van der Waals surface area (Å²) in [5.74, 6) is 1.42. The van der Waals surface area contributed by atoms with Crippen molar-refractivity contribution in [3.63, 3.8) is 0 Å². The molecule has 2 rings (SSSR count). The molecule has 4 heteroatoms. The third-order valence-electron chi connectivity index (χ3n) is 4.05. The SMILES string of the molecule is Cc1ccc2nc(C(C)Cl)n(CC(C)C(C)(C)C)c2n1. The maximum Gasteiger partial charge on any atom is 0.160 e. The van der Waals surface area contributed by atoms with E-state index in [9.17, 15) is 0 Å². The molecular weight excluding hydrogens is 270 g/mol. The lowest BCUT2D eigenvalue weighted by atomic mass is 9.82. The van der Waals surface area contributed by atoms with E-state index in [1.807, 2.05) is 26.0 Å². The standard InChI is InChI=1S/C16H24ClN3/c1-10(16(4,5)6)9-20-14(12(3)17)19-13-8-7-11(2)18-15(13)20/h7-8,10,12H,9H2,1-6H3. The maximum absolute atomic E-state index is 6.31. The van der Waals surface area contributed by atoms with Gasteiger partial charge in [0.05, 0.1) is 5.38 Å². The van der Waals surface area contributed by atoms with Crippen molar-refractivity contribution in [3.05, 3.63) is 23.7 Å². The van der Waals surface area contributed by atoms with Crippen LogP contribution in [0.3, 0.4) is 0 Å². The van der Waals surface area contributed by atoms with Crippen LogP contribution in [0, 0.1) is 18.3 Å². The summed E-state index contributed by atoms with van der Waals surface area (Å²) in [6.07, 6.45) is 0. The van der Waals surface area contributed by atoms with Crippen LogP contribution in [-0.2, 0) is 6.54 Å². The second kappa shape index (κ2) is 5.36. The average Bonchev–Trinajstić information content (AvgIpc) is 2.66. The molecule has 0 amide bonds. The summed E-state index contributed by atoms with van der Waals surface area (Å²) in [5, 5.41) is -0.114. The highest BCUT2D eigenvalue weighted by atomic mass is 35.5. The lowest BCUT2D eigenvalue weighted by molar-refractivity contribution is 0.232. The normalized spacial score (nSPS) is 15.6. The molecule has 2 heterocycles. The Morgan fingerprint density at radius 2 is 1.85 bits per heavy atom. The largest absolute Gasteiger partial charge is 0.311 e. The summed E-state index contributed by atoms with van der Waals surface area (Å²) in [5.41, 5.74) is 3.13. The number of aryl methyl sites for hydroxylation is 1. The highest BCUT2D eigenvalue weighted by Gasteiger charge is 2.24. The lowest BCUT2D eigenvalue weighted by Gasteiger charge is -2.28. The highest BCUT2D eigenvalue weighted by Crippen LogP contribution is 2.30. The van der Waals surface area contributed by atoms with Crippen molar-refractivity contribution in [2.45, 2.75) is 53.5 Å². The fourth-order valence-electron chi connectivity index (χ4n) is 2.15. The second-order valence-corrected chi connectivity index (χ2v) is 7.41. The quantitative estimate of drug-likeness (QED) is 0.767. The molecule has 20 heavy (non-hydrogen) atoms. The molecule has 0 spiro atoms. The van der Waals surface area contributed by atoms with E-state index < -0.39 is 0 Å². The van der Waals surface area contributed by atoms with Crippen molar-refractivity contribution in [1.82, 2.24) is 14.5 Å². The van der Waals surface area contributed by atoms with E-state index in [2.05, 4.69) is 42.2 Å². The van der Waals surface area contributed by atoms with E-state index >= 15 is 0 Å². The van der Waals surface area contributed by atoms with E-state index in [1.165, 1.54) is 0 Å². The van der Waals surface area contributed by atoms with Crippen LogP contribution in [0.2, 0.25) is 0 Å². The minimum atomic E-state index is -0.114. The molecule has 2 aromatic heterocycles. The van der Waals surface area contributed by atoms with Gasteiger partial charge in [-0.05, 0) is 37.3 Å². The van der Waals surface area contributed by atoms with Gasteiger partial charge in [-0.2, -0.15) is 0 Å². The van der Waals surface area contributed by atoms with Crippen molar-refractivity contribution in [3.8, 4) is 0 Å². The zero-order valence-electron chi connectivity index (χ0n) is 13.2. The molecule has 0 saturated carbocycles. The lowest BCUT2D eigenvalue weighted by Crippen LogP contribution is -2.23. The number of nitrogens with zero attached hydrogens (tertiary/aromatic N) is 3. The number of aromatic nitrogens is 3. The van der Waals surface area contributed by atoms with Crippen molar-refractivity contribution in [1.29, 1.82) is 0 Å². The van der Waals surface area contributed by atoms with Crippen molar-refractivity contribution >= 4 is 22.8 Å². The fourth-order valence-corrected chi connectivity index (χ4v) is 2.31. The van der Waals surface area contributed by atoms with Crippen LogP contribution in [0.4, 0.5) is 0 Å². The van der Waals surface area contributed by atoms with Crippen molar-refractivity contribution in [2.24, 2.45) is 11.3 Å². The second-order valence-electron chi connectivity index (χ2n) is 6.76. The van der Waals surface area contributed by atoms with Crippen LogP contribution in [0.25, 0.3) is 11.2 Å². The van der Waals surface area contributed by atoms with Gasteiger partial charge in [0.1, 0.15) is 11.3 Å². The Bertz CT molecular complexity index is 608. The maximum atomic E-state index is 6.31. The number of fused-ring (bicyclic) bond motifs is 1. The molecule has 0 saturated heterocycles. The number of halogens is 1. The molecule has 2 aromatic rings. The van der Waals surface area contributed by atoms with Gasteiger partial charge in [-0.1, -0.05) is 27.7 Å². The van der Waals surface area contributed by atoms with Gasteiger partial charge in [0.15, 0.2) is 5.65 Å². The van der Waals surface area contributed by atoms with Crippen LogP contribution in [0.1, 0.15) is 51.5 Å². The van der Waals surface area contributed by atoms with Gasteiger partial charge in [0.25, 0.3) is 0 Å². The summed E-state index contributed by atoms with van der Waals surface area (Å²) < 4.78 is 2.19. The van der Waals surface area contributed by atoms with Crippen LogP contribution in [0.15, 0.2) is 12.1 Å². The third-order valence-corrected chi connectivity index (χ3v) is 4.25. The molecule has 110 valence electrons. The molecular formula is C16H24ClN3. The van der Waals surface area contributed by atoms with Crippen LogP contribution in [0.5, 0.6) is 0 Å². The van der Waals surface area contributed by atoms with Gasteiger partial charge in [-0.25, -0.2) is 9.97 Å². The van der Waals surface area contributed by atoms with Gasteiger partial charge < -0.3 is 4.57 Å². The summed E-state index contributed by atoms with van der Waals surface area (Å²) in [7, 11) is 0. The van der Waals surface area contributed by atoms with Gasteiger partial charge in [-0.3, -0.25) is 0 Å². The summed E-state index contributed by atoms with van der Waals surface area (Å²) in [6, 6.07) is 4.02. The fraction of sp³-hybridized carbons (Fsp3) is 0.625. The summed E-state index contributed by atoms with van der Waals surface area (Å²) >= 11 is 6.31. The minimum absolute atomic E-state index is 0.114. The number of rotatable bonds is 3. The number of hydrogen-bond acceptors (Lipinski definition) is 2. The van der Waals surface area contributed by atoms with E-state index in [1.54, 1.807) is 0 Å². The van der Waals surface area contributed by atoms with Crippen molar-refractivity contribution < 1.29 is 0 Å². The molecule has 0 aliphatic carbocycles. The Kier molecular flexibility index (Phi) is 4.10. The van der Waals surface area contributed by atoms with E-state index in [4.69, 9.17) is 11.6 Å².